The molecule has 0 aliphatic carbocycles. The minimum atomic E-state index is -0.197. The number of hydrogen-bond donors (Lipinski definition) is 1. The predicted octanol–water partition coefficient (Wildman–Crippen LogP) is 3.71. The molecule has 1 N–H and O–H groups in total. The van der Waals surface area contributed by atoms with E-state index in [0.717, 1.165) is 0 Å². The third-order valence-corrected chi connectivity index (χ3v) is 3.08. The maximum absolute atomic E-state index is 11.0. The second kappa shape index (κ2) is 4.47. The molecule has 1 aromatic carbocycles. The third kappa shape index (κ3) is 2.06. The summed E-state index contributed by atoms with van der Waals surface area (Å²) in [5.41, 5.74) is 0.950. The lowest BCUT2D eigenvalue weighted by Crippen LogP contribution is -2.04. The molecule has 0 aliphatic rings. The van der Waals surface area contributed by atoms with Crippen molar-refractivity contribution in [3.63, 3.8) is 0 Å². The Kier molecular flexibility index (Phi) is 3.17. The van der Waals surface area contributed by atoms with Crippen LogP contribution in [0.15, 0.2) is 16.7 Å². The van der Waals surface area contributed by atoms with E-state index in [1.54, 1.807) is 6.07 Å². The van der Waals surface area contributed by atoms with Crippen molar-refractivity contribution in [1.29, 1.82) is 0 Å². The van der Waals surface area contributed by atoms with Crippen molar-refractivity contribution in [1.82, 2.24) is 0 Å². The van der Waals surface area contributed by atoms with Gasteiger partial charge in [-0.2, -0.15) is 0 Å². The fourth-order valence-corrected chi connectivity index (χ4v) is 1.97. The zero-order valence-electron chi connectivity index (χ0n) is 9.14. The molecule has 0 spiro atoms. The number of hydrogen-bond acceptors (Lipinski definition) is 3. The highest BCUT2D eigenvalue weighted by molar-refractivity contribution is 6.46. The number of halogens is 2. The summed E-state index contributed by atoms with van der Waals surface area (Å²) >= 11 is 12.0. The number of carbonyl (C=O) groups is 1. The molecule has 4 nitrogen and oxygen atoms in total. The van der Waals surface area contributed by atoms with Crippen LogP contribution in [0.2, 0.25) is 10.0 Å². The van der Waals surface area contributed by atoms with Gasteiger partial charge in [-0.25, -0.2) is 0 Å². The lowest BCUT2D eigenvalue weighted by Gasteiger charge is -2.05. The minimum absolute atomic E-state index is 0.197. The number of methoxy groups -OCH3 is 1. The molecule has 0 radical (unpaired) electrons. The molecule has 2 rings (SSSR count). The number of fused-ring (bicyclic) bond motifs is 1. The van der Waals surface area contributed by atoms with Crippen LogP contribution in [0, 0.1) is 0 Å². The van der Waals surface area contributed by atoms with Crippen LogP contribution in [0.25, 0.3) is 11.0 Å². The van der Waals surface area contributed by atoms with Crippen molar-refractivity contribution < 1.29 is 13.9 Å². The fourth-order valence-electron chi connectivity index (χ4n) is 1.52. The molecular formula is C11H9Cl2NO3. The van der Waals surface area contributed by atoms with Crippen LogP contribution in [-0.4, -0.2) is 13.0 Å². The second-order valence-corrected chi connectivity index (χ2v) is 4.17. The van der Waals surface area contributed by atoms with Crippen LogP contribution in [0.5, 0.6) is 5.75 Å². The van der Waals surface area contributed by atoms with E-state index >= 15 is 0 Å². The predicted molar refractivity (Wildman–Crippen MR) is 67.1 cm³/mol. The molecule has 0 atom stereocenters. The van der Waals surface area contributed by atoms with Gasteiger partial charge in [0.05, 0.1) is 12.8 Å². The van der Waals surface area contributed by atoms with E-state index < -0.39 is 0 Å². The first-order valence-corrected chi connectivity index (χ1v) is 5.51. The molecule has 17 heavy (non-hydrogen) atoms. The molecule has 0 aliphatic heterocycles. The van der Waals surface area contributed by atoms with Crippen molar-refractivity contribution in [2.75, 3.05) is 12.4 Å². The summed E-state index contributed by atoms with van der Waals surface area (Å²) in [6, 6.07) is 1.66. The standard InChI is InChI=1S/C11H9Cl2NO3/c1-5(15)14-7-4-17-11-6(7)3-8(16-2)9(12)10(11)13/h3-4H,1-2H3,(H,14,15). The van der Waals surface area contributed by atoms with E-state index in [1.807, 2.05) is 0 Å². The van der Waals surface area contributed by atoms with Gasteiger partial charge in [-0.05, 0) is 6.07 Å². The van der Waals surface area contributed by atoms with E-state index in [2.05, 4.69) is 5.32 Å². The highest BCUT2D eigenvalue weighted by Crippen LogP contribution is 2.41. The van der Waals surface area contributed by atoms with Crippen LogP contribution in [0.4, 0.5) is 5.69 Å². The summed E-state index contributed by atoms with van der Waals surface area (Å²) in [6.45, 7) is 1.41. The molecule has 1 amide bonds. The van der Waals surface area contributed by atoms with Gasteiger partial charge in [0.25, 0.3) is 0 Å². The highest BCUT2D eigenvalue weighted by Gasteiger charge is 2.17. The van der Waals surface area contributed by atoms with Gasteiger partial charge in [0.1, 0.15) is 22.1 Å². The van der Waals surface area contributed by atoms with Gasteiger partial charge < -0.3 is 14.5 Å². The Morgan fingerprint density at radius 3 is 2.71 bits per heavy atom. The number of ether oxygens (including phenoxy) is 1. The zero-order valence-corrected chi connectivity index (χ0v) is 10.6. The maximum Gasteiger partial charge on any atom is 0.221 e. The summed E-state index contributed by atoms with van der Waals surface area (Å²) in [4.78, 5) is 11.0. The fraction of sp³-hybridized carbons (Fsp3) is 0.182. The average Bonchev–Trinajstić information content (AvgIpc) is 2.66. The molecule has 6 heteroatoms. The Bertz CT molecular complexity index is 592. The molecule has 0 saturated heterocycles. The molecule has 0 unspecified atom stereocenters. The molecule has 0 fully saturated rings. The van der Waals surface area contributed by atoms with Crippen LogP contribution in [-0.2, 0) is 4.79 Å². The number of benzene rings is 1. The molecule has 1 heterocycles. The summed E-state index contributed by atoms with van der Waals surface area (Å²) in [6.07, 6.45) is 1.41. The Balaban J connectivity index is 2.68. The number of amides is 1. The minimum Gasteiger partial charge on any atom is -0.495 e. The number of anilines is 1. The average molecular weight is 274 g/mol. The Morgan fingerprint density at radius 1 is 1.41 bits per heavy atom. The molecular weight excluding hydrogens is 265 g/mol. The van der Waals surface area contributed by atoms with Crippen LogP contribution in [0.1, 0.15) is 6.92 Å². The highest BCUT2D eigenvalue weighted by atomic mass is 35.5. The van der Waals surface area contributed by atoms with E-state index in [-0.39, 0.29) is 16.0 Å². The van der Waals surface area contributed by atoms with Crippen molar-refractivity contribution >= 4 is 45.8 Å². The van der Waals surface area contributed by atoms with Gasteiger partial charge in [0, 0.05) is 12.3 Å². The first-order chi connectivity index (χ1) is 8.04. The van der Waals surface area contributed by atoms with Crippen molar-refractivity contribution in [2.24, 2.45) is 0 Å². The largest absolute Gasteiger partial charge is 0.495 e. The van der Waals surface area contributed by atoms with Gasteiger partial charge >= 0.3 is 0 Å². The second-order valence-electron chi connectivity index (χ2n) is 3.41. The van der Waals surface area contributed by atoms with Gasteiger partial charge in [-0.1, -0.05) is 23.2 Å². The topological polar surface area (TPSA) is 51.5 Å². The van der Waals surface area contributed by atoms with E-state index in [0.29, 0.717) is 22.4 Å². The monoisotopic (exact) mass is 273 g/mol. The van der Waals surface area contributed by atoms with Crippen LogP contribution < -0.4 is 10.1 Å². The first-order valence-electron chi connectivity index (χ1n) is 4.75. The normalized spacial score (nSPS) is 10.6. The maximum atomic E-state index is 11.0. The number of furan rings is 1. The van der Waals surface area contributed by atoms with Gasteiger partial charge in [-0.15, -0.1) is 0 Å². The molecule has 1 aromatic heterocycles. The van der Waals surface area contributed by atoms with Gasteiger partial charge in [0.15, 0.2) is 5.58 Å². The number of rotatable bonds is 2. The van der Waals surface area contributed by atoms with E-state index in [4.69, 9.17) is 32.4 Å². The summed E-state index contributed by atoms with van der Waals surface area (Å²) in [5.74, 6) is 0.231. The van der Waals surface area contributed by atoms with Gasteiger partial charge in [-0.3, -0.25) is 4.79 Å². The van der Waals surface area contributed by atoms with Crippen molar-refractivity contribution in [3.05, 3.63) is 22.4 Å². The third-order valence-electron chi connectivity index (χ3n) is 2.24. The zero-order chi connectivity index (χ0) is 12.6. The Morgan fingerprint density at radius 2 is 2.12 bits per heavy atom. The van der Waals surface area contributed by atoms with Crippen molar-refractivity contribution in [3.8, 4) is 5.75 Å². The Hall–Kier alpha value is -1.39. The smallest absolute Gasteiger partial charge is 0.221 e. The van der Waals surface area contributed by atoms with E-state index in [1.165, 1.54) is 20.3 Å². The van der Waals surface area contributed by atoms with E-state index in [9.17, 15) is 4.79 Å². The summed E-state index contributed by atoms with van der Waals surface area (Å²) in [7, 11) is 1.49. The SMILES string of the molecule is COc1cc2c(NC(C)=O)coc2c(Cl)c1Cl. The number of carbonyl (C=O) groups excluding carboxylic acids is 1. The molecule has 90 valence electrons. The molecule has 2 aromatic rings. The Labute approximate surface area is 107 Å². The van der Waals surface area contributed by atoms with Crippen LogP contribution in [0.3, 0.4) is 0 Å². The number of nitrogens with one attached hydrogen (secondary N) is 1. The van der Waals surface area contributed by atoms with Gasteiger partial charge in [0.2, 0.25) is 5.91 Å². The molecule has 0 bridgehead atoms. The lowest BCUT2D eigenvalue weighted by atomic mass is 10.2. The summed E-state index contributed by atoms with van der Waals surface area (Å²) in [5, 5.41) is 3.83. The molecule has 0 saturated carbocycles. The summed E-state index contributed by atoms with van der Waals surface area (Å²) < 4.78 is 10.4. The van der Waals surface area contributed by atoms with Crippen molar-refractivity contribution in [2.45, 2.75) is 6.92 Å². The van der Waals surface area contributed by atoms with Crippen LogP contribution >= 0.6 is 23.2 Å². The lowest BCUT2D eigenvalue weighted by molar-refractivity contribution is -0.114. The first kappa shape index (κ1) is 12.1. The quantitative estimate of drug-likeness (QED) is 0.908.